The lowest BCUT2D eigenvalue weighted by molar-refractivity contribution is -0.145. The SMILES string of the molecule is CC(C)C(CCOC=O)C(=O)O. The van der Waals surface area contributed by atoms with E-state index in [0.717, 1.165) is 0 Å². The molecular formula is C8H14O4. The summed E-state index contributed by atoms with van der Waals surface area (Å²) in [7, 11) is 0. The van der Waals surface area contributed by atoms with Crippen LogP contribution in [0.2, 0.25) is 0 Å². The molecule has 0 aromatic carbocycles. The largest absolute Gasteiger partial charge is 0.481 e. The highest BCUT2D eigenvalue weighted by molar-refractivity contribution is 5.70. The van der Waals surface area contributed by atoms with Crippen LogP contribution in [0.3, 0.4) is 0 Å². The number of carboxylic acids is 1. The van der Waals surface area contributed by atoms with Gasteiger partial charge in [0.1, 0.15) is 0 Å². The van der Waals surface area contributed by atoms with E-state index in [1.807, 2.05) is 13.8 Å². The van der Waals surface area contributed by atoms with Crippen molar-refractivity contribution in [2.75, 3.05) is 6.61 Å². The summed E-state index contributed by atoms with van der Waals surface area (Å²) in [5.74, 6) is -1.19. The van der Waals surface area contributed by atoms with E-state index in [-0.39, 0.29) is 12.5 Å². The van der Waals surface area contributed by atoms with E-state index in [0.29, 0.717) is 12.9 Å². The third-order valence-corrected chi connectivity index (χ3v) is 1.74. The van der Waals surface area contributed by atoms with Crippen LogP contribution in [-0.2, 0) is 14.3 Å². The molecule has 0 bridgehead atoms. The van der Waals surface area contributed by atoms with E-state index in [4.69, 9.17) is 5.11 Å². The lowest BCUT2D eigenvalue weighted by Crippen LogP contribution is -2.21. The van der Waals surface area contributed by atoms with E-state index < -0.39 is 11.9 Å². The van der Waals surface area contributed by atoms with Gasteiger partial charge in [-0.2, -0.15) is 0 Å². The quantitative estimate of drug-likeness (QED) is 0.480. The number of carboxylic acid groups (broad SMARTS) is 1. The Morgan fingerprint density at radius 2 is 2.17 bits per heavy atom. The van der Waals surface area contributed by atoms with Crippen LogP contribution in [0.15, 0.2) is 0 Å². The van der Waals surface area contributed by atoms with Crippen molar-refractivity contribution in [2.45, 2.75) is 20.3 Å². The molecule has 0 radical (unpaired) electrons. The van der Waals surface area contributed by atoms with E-state index >= 15 is 0 Å². The number of carbonyl (C=O) groups excluding carboxylic acids is 1. The Balaban J connectivity index is 3.79. The first-order valence-electron chi connectivity index (χ1n) is 3.87. The van der Waals surface area contributed by atoms with Gasteiger partial charge in [0.25, 0.3) is 6.47 Å². The first-order chi connectivity index (χ1) is 5.59. The Kier molecular flexibility index (Phi) is 5.08. The maximum atomic E-state index is 10.6. The van der Waals surface area contributed by atoms with Crippen LogP contribution in [0.5, 0.6) is 0 Å². The molecule has 4 heteroatoms. The average molecular weight is 174 g/mol. The summed E-state index contributed by atoms with van der Waals surface area (Å²) in [5.41, 5.74) is 0. The maximum absolute atomic E-state index is 10.6. The zero-order valence-corrected chi connectivity index (χ0v) is 7.32. The molecule has 12 heavy (non-hydrogen) atoms. The van der Waals surface area contributed by atoms with Gasteiger partial charge in [0, 0.05) is 0 Å². The predicted octanol–water partition coefficient (Wildman–Crippen LogP) is 0.906. The molecule has 0 rings (SSSR count). The third kappa shape index (κ3) is 3.95. The normalized spacial score (nSPS) is 12.6. The van der Waals surface area contributed by atoms with Crippen molar-refractivity contribution in [3.05, 3.63) is 0 Å². The molecule has 0 aliphatic rings. The van der Waals surface area contributed by atoms with E-state index in [9.17, 15) is 9.59 Å². The topological polar surface area (TPSA) is 63.6 Å². The third-order valence-electron chi connectivity index (χ3n) is 1.74. The maximum Gasteiger partial charge on any atom is 0.306 e. The Morgan fingerprint density at radius 3 is 2.50 bits per heavy atom. The van der Waals surface area contributed by atoms with Crippen LogP contribution in [-0.4, -0.2) is 24.2 Å². The van der Waals surface area contributed by atoms with Gasteiger partial charge in [-0.1, -0.05) is 13.8 Å². The fourth-order valence-corrected chi connectivity index (χ4v) is 0.985. The number of hydrogen-bond acceptors (Lipinski definition) is 3. The highest BCUT2D eigenvalue weighted by atomic mass is 16.5. The van der Waals surface area contributed by atoms with E-state index in [1.165, 1.54) is 0 Å². The molecule has 4 nitrogen and oxygen atoms in total. The van der Waals surface area contributed by atoms with E-state index in [1.54, 1.807) is 0 Å². The minimum Gasteiger partial charge on any atom is -0.481 e. The van der Waals surface area contributed by atoms with Gasteiger partial charge in [0.2, 0.25) is 0 Å². The highest BCUT2D eigenvalue weighted by Crippen LogP contribution is 2.14. The van der Waals surface area contributed by atoms with Gasteiger partial charge in [0.05, 0.1) is 12.5 Å². The molecule has 70 valence electrons. The zero-order chi connectivity index (χ0) is 9.56. The summed E-state index contributed by atoms with van der Waals surface area (Å²) in [6, 6.07) is 0. The van der Waals surface area contributed by atoms with Crippen molar-refractivity contribution >= 4 is 12.4 Å². The van der Waals surface area contributed by atoms with Crippen LogP contribution in [0, 0.1) is 11.8 Å². The molecule has 0 saturated carbocycles. The van der Waals surface area contributed by atoms with Gasteiger partial charge in [-0.05, 0) is 12.3 Å². The molecule has 0 saturated heterocycles. The fourth-order valence-electron chi connectivity index (χ4n) is 0.985. The van der Waals surface area contributed by atoms with Gasteiger partial charge in [-0.25, -0.2) is 0 Å². The van der Waals surface area contributed by atoms with Crippen LogP contribution in [0.4, 0.5) is 0 Å². The molecule has 1 unspecified atom stereocenters. The summed E-state index contributed by atoms with van der Waals surface area (Å²) in [5, 5.41) is 8.70. The molecule has 0 aromatic rings. The number of rotatable bonds is 6. The minimum absolute atomic E-state index is 0.0674. The second-order valence-corrected chi connectivity index (χ2v) is 2.94. The molecule has 0 fully saturated rings. The Bertz CT molecular complexity index is 153. The highest BCUT2D eigenvalue weighted by Gasteiger charge is 2.20. The fraction of sp³-hybridized carbons (Fsp3) is 0.750. The van der Waals surface area contributed by atoms with Crippen LogP contribution < -0.4 is 0 Å². The smallest absolute Gasteiger partial charge is 0.306 e. The molecule has 0 aliphatic carbocycles. The first-order valence-corrected chi connectivity index (χ1v) is 3.87. The number of hydrogen-bond donors (Lipinski definition) is 1. The summed E-state index contributed by atoms with van der Waals surface area (Å²) in [6.07, 6.45) is 0.381. The monoisotopic (exact) mass is 174 g/mol. The molecule has 0 spiro atoms. The lowest BCUT2D eigenvalue weighted by Gasteiger charge is -2.14. The number of carbonyl (C=O) groups is 2. The molecule has 1 atom stereocenters. The van der Waals surface area contributed by atoms with Gasteiger partial charge >= 0.3 is 5.97 Å². The van der Waals surface area contributed by atoms with Crippen LogP contribution in [0.25, 0.3) is 0 Å². The van der Waals surface area contributed by atoms with Gasteiger partial charge in [-0.3, -0.25) is 9.59 Å². The molecular weight excluding hydrogens is 160 g/mol. The van der Waals surface area contributed by atoms with E-state index in [2.05, 4.69) is 4.74 Å². The Hall–Kier alpha value is -1.06. The van der Waals surface area contributed by atoms with Crippen molar-refractivity contribution in [2.24, 2.45) is 11.8 Å². The van der Waals surface area contributed by atoms with Gasteiger partial charge < -0.3 is 9.84 Å². The second kappa shape index (κ2) is 5.57. The number of ether oxygens (including phenoxy) is 1. The number of aliphatic carboxylic acids is 1. The predicted molar refractivity (Wildman–Crippen MR) is 42.6 cm³/mol. The molecule has 0 aromatic heterocycles. The molecule has 0 heterocycles. The average Bonchev–Trinajstić information content (AvgIpc) is 1.96. The second-order valence-electron chi connectivity index (χ2n) is 2.94. The Morgan fingerprint density at radius 1 is 1.58 bits per heavy atom. The van der Waals surface area contributed by atoms with Crippen LogP contribution in [0.1, 0.15) is 20.3 Å². The summed E-state index contributed by atoms with van der Waals surface area (Å²) in [4.78, 5) is 20.3. The first kappa shape index (κ1) is 10.9. The van der Waals surface area contributed by atoms with Crippen LogP contribution >= 0.6 is 0 Å². The summed E-state index contributed by atoms with van der Waals surface area (Å²) >= 11 is 0. The standard InChI is InChI=1S/C8H14O4/c1-6(2)7(8(10)11)3-4-12-5-9/h5-7H,3-4H2,1-2H3,(H,10,11). The zero-order valence-electron chi connectivity index (χ0n) is 7.32. The summed E-state index contributed by atoms with van der Waals surface area (Å²) < 4.78 is 4.42. The lowest BCUT2D eigenvalue weighted by atomic mass is 9.93. The van der Waals surface area contributed by atoms with Crippen molar-refractivity contribution in [1.82, 2.24) is 0 Å². The minimum atomic E-state index is -0.834. The Labute approximate surface area is 71.5 Å². The molecule has 0 aliphatic heterocycles. The molecule has 0 amide bonds. The van der Waals surface area contributed by atoms with Gasteiger partial charge in [-0.15, -0.1) is 0 Å². The summed E-state index contributed by atoms with van der Waals surface area (Å²) in [6.45, 7) is 4.18. The molecule has 1 N–H and O–H groups in total. The van der Waals surface area contributed by atoms with Crippen molar-refractivity contribution < 1.29 is 19.4 Å². The van der Waals surface area contributed by atoms with Gasteiger partial charge in [0.15, 0.2) is 0 Å². The van der Waals surface area contributed by atoms with Crippen molar-refractivity contribution in [1.29, 1.82) is 0 Å². The van der Waals surface area contributed by atoms with Crippen molar-refractivity contribution in [3.8, 4) is 0 Å². The van der Waals surface area contributed by atoms with Crippen molar-refractivity contribution in [3.63, 3.8) is 0 Å².